The van der Waals surface area contributed by atoms with Gasteiger partial charge in [-0.3, -0.25) is 0 Å². The van der Waals surface area contributed by atoms with Crippen molar-refractivity contribution < 1.29 is 9.47 Å². The highest BCUT2D eigenvalue weighted by atomic mass is 16.7. The van der Waals surface area contributed by atoms with Gasteiger partial charge in [0.15, 0.2) is 6.29 Å². The summed E-state index contributed by atoms with van der Waals surface area (Å²) in [4.78, 5) is 0. The SMILES string of the molecule is CC.CNCc1ccc(COC2CCCCO2)cc1. The average molecular weight is 265 g/mol. The summed E-state index contributed by atoms with van der Waals surface area (Å²) in [5.74, 6) is 0. The quantitative estimate of drug-likeness (QED) is 0.884. The maximum absolute atomic E-state index is 5.73. The van der Waals surface area contributed by atoms with Crippen molar-refractivity contribution in [1.29, 1.82) is 0 Å². The molecule has 0 aromatic heterocycles. The van der Waals surface area contributed by atoms with Crippen molar-refractivity contribution in [3.05, 3.63) is 35.4 Å². The molecule has 1 fully saturated rings. The lowest BCUT2D eigenvalue weighted by Crippen LogP contribution is -2.21. The van der Waals surface area contributed by atoms with Crippen LogP contribution < -0.4 is 5.32 Å². The number of ether oxygens (including phenoxy) is 2. The van der Waals surface area contributed by atoms with E-state index in [1.807, 2.05) is 20.9 Å². The fourth-order valence-electron chi connectivity index (χ4n) is 1.99. The Morgan fingerprint density at radius 2 is 1.84 bits per heavy atom. The van der Waals surface area contributed by atoms with Crippen LogP contribution in [0.4, 0.5) is 0 Å². The standard InChI is InChI=1S/C14H21NO2.C2H6/c1-15-10-12-5-7-13(8-6-12)11-17-14-4-2-3-9-16-14;1-2/h5-8,14-15H,2-4,9-11H2,1H3;1-2H3. The van der Waals surface area contributed by atoms with Crippen LogP contribution in [-0.4, -0.2) is 19.9 Å². The monoisotopic (exact) mass is 265 g/mol. The predicted molar refractivity (Wildman–Crippen MR) is 78.9 cm³/mol. The molecule has 2 rings (SSSR count). The first-order valence-electron chi connectivity index (χ1n) is 7.34. The molecule has 1 saturated heterocycles. The van der Waals surface area contributed by atoms with Crippen molar-refractivity contribution >= 4 is 0 Å². The fraction of sp³-hybridized carbons (Fsp3) is 0.625. The maximum Gasteiger partial charge on any atom is 0.158 e. The number of hydrogen-bond donors (Lipinski definition) is 1. The molecule has 0 saturated carbocycles. The topological polar surface area (TPSA) is 30.5 Å². The van der Waals surface area contributed by atoms with E-state index in [-0.39, 0.29) is 6.29 Å². The van der Waals surface area contributed by atoms with Crippen LogP contribution in [0.25, 0.3) is 0 Å². The Kier molecular flexibility index (Phi) is 8.47. The fourth-order valence-corrected chi connectivity index (χ4v) is 1.99. The van der Waals surface area contributed by atoms with Gasteiger partial charge in [-0.05, 0) is 37.4 Å². The number of nitrogens with one attached hydrogen (secondary N) is 1. The van der Waals surface area contributed by atoms with E-state index in [2.05, 4.69) is 29.6 Å². The van der Waals surface area contributed by atoms with E-state index in [1.165, 1.54) is 24.0 Å². The van der Waals surface area contributed by atoms with Gasteiger partial charge >= 0.3 is 0 Å². The van der Waals surface area contributed by atoms with Crippen molar-refractivity contribution in [2.75, 3.05) is 13.7 Å². The summed E-state index contributed by atoms with van der Waals surface area (Å²) in [5.41, 5.74) is 2.50. The number of benzene rings is 1. The molecule has 1 aliphatic heterocycles. The maximum atomic E-state index is 5.73. The first-order valence-corrected chi connectivity index (χ1v) is 7.34. The highest BCUT2D eigenvalue weighted by Gasteiger charge is 2.13. The van der Waals surface area contributed by atoms with Crippen LogP contribution in [0.2, 0.25) is 0 Å². The van der Waals surface area contributed by atoms with Crippen molar-refractivity contribution in [2.45, 2.75) is 52.6 Å². The predicted octanol–water partition coefficient (Wildman–Crippen LogP) is 3.48. The van der Waals surface area contributed by atoms with Crippen molar-refractivity contribution in [3.8, 4) is 0 Å². The van der Waals surface area contributed by atoms with E-state index >= 15 is 0 Å². The van der Waals surface area contributed by atoms with E-state index in [0.717, 1.165) is 19.6 Å². The van der Waals surface area contributed by atoms with E-state index in [4.69, 9.17) is 9.47 Å². The first-order chi connectivity index (χ1) is 9.38. The molecule has 19 heavy (non-hydrogen) atoms. The molecule has 0 aliphatic carbocycles. The molecule has 1 aromatic rings. The molecule has 1 N–H and O–H groups in total. The second kappa shape index (κ2) is 9.96. The van der Waals surface area contributed by atoms with Crippen LogP contribution in [0, 0.1) is 0 Å². The second-order valence-corrected chi connectivity index (χ2v) is 4.45. The summed E-state index contributed by atoms with van der Waals surface area (Å²) in [6.45, 7) is 6.39. The van der Waals surface area contributed by atoms with Gasteiger partial charge in [-0.25, -0.2) is 0 Å². The van der Waals surface area contributed by atoms with Crippen LogP contribution in [-0.2, 0) is 22.6 Å². The normalized spacial score (nSPS) is 18.6. The Morgan fingerprint density at radius 3 is 2.42 bits per heavy atom. The van der Waals surface area contributed by atoms with E-state index in [0.29, 0.717) is 6.61 Å². The molecule has 0 amide bonds. The molecule has 0 spiro atoms. The minimum atomic E-state index is 0.000681. The third-order valence-corrected chi connectivity index (χ3v) is 2.98. The Balaban J connectivity index is 0.000000861. The largest absolute Gasteiger partial charge is 0.353 e. The van der Waals surface area contributed by atoms with E-state index in [1.54, 1.807) is 0 Å². The third-order valence-electron chi connectivity index (χ3n) is 2.98. The summed E-state index contributed by atoms with van der Waals surface area (Å²) in [5, 5.41) is 3.14. The highest BCUT2D eigenvalue weighted by molar-refractivity contribution is 5.21. The zero-order valence-electron chi connectivity index (χ0n) is 12.4. The lowest BCUT2D eigenvalue weighted by Gasteiger charge is -2.22. The molecular weight excluding hydrogens is 238 g/mol. The van der Waals surface area contributed by atoms with Crippen molar-refractivity contribution in [3.63, 3.8) is 0 Å². The highest BCUT2D eigenvalue weighted by Crippen LogP contribution is 2.15. The minimum Gasteiger partial charge on any atom is -0.353 e. The van der Waals surface area contributed by atoms with Crippen LogP contribution in [0.15, 0.2) is 24.3 Å². The Hall–Kier alpha value is -0.900. The lowest BCUT2D eigenvalue weighted by atomic mass is 10.1. The van der Waals surface area contributed by atoms with Gasteiger partial charge in [0, 0.05) is 13.2 Å². The molecular formula is C16H27NO2. The smallest absolute Gasteiger partial charge is 0.158 e. The Morgan fingerprint density at radius 1 is 1.16 bits per heavy atom. The molecule has 1 heterocycles. The summed E-state index contributed by atoms with van der Waals surface area (Å²) in [6.07, 6.45) is 3.41. The molecule has 0 radical (unpaired) electrons. The summed E-state index contributed by atoms with van der Waals surface area (Å²) in [6, 6.07) is 8.51. The molecule has 1 atom stereocenters. The van der Waals surface area contributed by atoms with E-state index in [9.17, 15) is 0 Å². The zero-order valence-corrected chi connectivity index (χ0v) is 12.4. The van der Waals surface area contributed by atoms with Gasteiger partial charge in [-0.1, -0.05) is 38.1 Å². The summed E-state index contributed by atoms with van der Waals surface area (Å²) in [7, 11) is 1.96. The average Bonchev–Trinajstić information content (AvgIpc) is 2.50. The van der Waals surface area contributed by atoms with Gasteiger partial charge in [0.05, 0.1) is 6.61 Å². The molecule has 0 bridgehead atoms. The number of hydrogen-bond acceptors (Lipinski definition) is 3. The summed E-state index contributed by atoms with van der Waals surface area (Å²) < 4.78 is 11.3. The van der Waals surface area contributed by atoms with Gasteiger partial charge in [0.25, 0.3) is 0 Å². The molecule has 3 nitrogen and oxygen atoms in total. The van der Waals surface area contributed by atoms with Gasteiger partial charge in [0.1, 0.15) is 0 Å². The van der Waals surface area contributed by atoms with Crippen molar-refractivity contribution in [2.24, 2.45) is 0 Å². The van der Waals surface area contributed by atoms with Gasteiger partial charge in [-0.2, -0.15) is 0 Å². The first kappa shape index (κ1) is 16.2. The Labute approximate surface area is 117 Å². The summed E-state index contributed by atoms with van der Waals surface area (Å²) >= 11 is 0. The molecule has 1 aromatic carbocycles. The van der Waals surface area contributed by atoms with Crippen molar-refractivity contribution in [1.82, 2.24) is 5.32 Å². The number of rotatable bonds is 5. The third kappa shape index (κ3) is 6.19. The molecule has 108 valence electrons. The van der Waals surface area contributed by atoms with Crippen LogP contribution in [0.3, 0.4) is 0 Å². The van der Waals surface area contributed by atoms with E-state index < -0.39 is 0 Å². The minimum absolute atomic E-state index is 0.000681. The molecule has 1 unspecified atom stereocenters. The van der Waals surface area contributed by atoms with Gasteiger partial charge in [0.2, 0.25) is 0 Å². The van der Waals surface area contributed by atoms with Gasteiger partial charge < -0.3 is 14.8 Å². The molecule has 1 aliphatic rings. The second-order valence-electron chi connectivity index (χ2n) is 4.45. The van der Waals surface area contributed by atoms with Gasteiger partial charge in [-0.15, -0.1) is 0 Å². The van der Waals surface area contributed by atoms with Crippen LogP contribution in [0.1, 0.15) is 44.2 Å². The van der Waals surface area contributed by atoms with Crippen LogP contribution >= 0.6 is 0 Å². The Bertz CT molecular complexity index is 318. The lowest BCUT2D eigenvalue weighted by molar-refractivity contribution is -0.168. The zero-order chi connectivity index (χ0) is 13.9. The molecule has 3 heteroatoms. The van der Waals surface area contributed by atoms with Crippen LogP contribution in [0.5, 0.6) is 0 Å².